The maximum atomic E-state index is 12.9. The number of sulfonamides is 1. The normalized spacial score (nSPS) is 11.7. The van der Waals surface area contributed by atoms with Gasteiger partial charge in [0.1, 0.15) is 11.1 Å². The van der Waals surface area contributed by atoms with Crippen molar-refractivity contribution in [2.45, 2.75) is 25.3 Å². The molecular weight excluding hydrogens is 392 g/mol. The molecule has 9 heteroatoms. The van der Waals surface area contributed by atoms with Gasteiger partial charge in [0.05, 0.1) is 18.6 Å². The molecule has 0 saturated heterocycles. The minimum absolute atomic E-state index is 0.0849. The summed E-state index contributed by atoms with van der Waals surface area (Å²) in [5, 5.41) is 8.58. The first kappa shape index (κ1) is 19.0. The van der Waals surface area contributed by atoms with Crippen molar-refractivity contribution in [3.63, 3.8) is 0 Å². The summed E-state index contributed by atoms with van der Waals surface area (Å²) in [6.45, 7) is 4.22. The van der Waals surface area contributed by atoms with Crippen molar-refractivity contribution in [3.8, 4) is 5.75 Å². The summed E-state index contributed by atoms with van der Waals surface area (Å²) in [6, 6.07) is 10.6. The van der Waals surface area contributed by atoms with E-state index < -0.39 is 10.0 Å². The van der Waals surface area contributed by atoms with E-state index in [-0.39, 0.29) is 10.7 Å². The Morgan fingerprint density at radius 1 is 1.14 bits per heavy atom. The predicted molar refractivity (Wildman–Crippen MR) is 109 cm³/mol. The molecule has 2 heterocycles. The van der Waals surface area contributed by atoms with Crippen LogP contribution in [0.4, 0.5) is 5.82 Å². The van der Waals surface area contributed by atoms with Gasteiger partial charge in [-0.2, -0.15) is 5.10 Å². The van der Waals surface area contributed by atoms with Gasteiger partial charge in [0.25, 0.3) is 10.0 Å². The summed E-state index contributed by atoms with van der Waals surface area (Å²) in [5.74, 6) is 0.547. The van der Waals surface area contributed by atoms with Crippen molar-refractivity contribution in [1.29, 1.82) is 0 Å². The summed E-state index contributed by atoms with van der Waals surface area (Å²) < 4.78 is 40.9. The molecule has 0 fully saturated rings. The Hall–Kier alpha value is -3.33. The van der Waals surface area contributed by atoms with Gasteiger partial charge in [-0.05, 0) is 60.9 Å². The average molecular weight is 412 g/mol. The van der Waals surface area contributed by atoms with Crippen LogP contribution in [-0.4, -0.2) is 30.5 Å². The van der Waals surface area contributed by atoms with Crippen molar-refractivity contribution >= 4 is 26.8 Å². The van der Waals surface area contributed by atoms with Gasteiger partial charge in [-0.1, -0.05) is 11.2 Å². The molecule has 0 atom stereocenters. The lowest BCUT2D eigenvalue weighted by molar-refractivity contribution is 0.418. The van der Waals surface area contributed by atoms with E-state index in [1.165, 1.54) is 7.11 Å². The number of aryl methyl sites for hydroxylation is 2. The van der Waals surface area contributed by atoms with Gasteiger partial charge in [-0.3, -0.25) is 9.40 Å². The molecule has 4 aromatic rings. The van der Waals surface area contributed by atoms with E-state index in [9.17, 15) is 8.42 Å². The van der Waals surface area contributed by atoms with Gasteiger partial charge in [0.2, 0.25) is 0 Å². The highest BCUT2D eigenvalue weighted by molar-refractivity contribution is 7.92. The van der Waals surface area contributed by atoms with Crippen LogP contribution < -0.4 is 9.46 Å². The van der Waals surface area contributed by atoms with Gasteiger partial charge < -0.3 is 9.26 Å². The molecule has 0 aliphatic rings. The molecule has 150 valence electrons. The molecule has 8 nitrogen and oxygen atoms in total. The number of hydrogen-bond donors (Lipinski definition) is 1. The highest BCUT2D eigenvalue weighted by Crippen LogP contribution is 2.35. The Balaban J connectivity index is 1.73. The third kappa shape index (κ3) is 3.81. The Morgan fingerprint density at radius 3 is 2.55 bits per heavy atom. The Kier molecular flexibility index (Phi) is 4.75. The van der Waals surface area contributed by atoms with Crippen molar-refractivity contribution in [2.24, 2.45) is 0 Å². The second-order valence-electron chi connectivity index (χ2n) is 6.83. The summed E-state index contributed by atoms with van der Waals surface area (Å²) in [6.07, 6.45) is 3.55. The zero-order chi connectivity index (χ0) is 20.6. The predicted octanol–water partition coefficient (Wildman–Crippen LogP) is 3.50. The van der Waals surface area contributed by atoms with Gasteiger partial charge in [0, 0.05) is 12.4 Å². The van der Waals surface area contributed by atoms with Crippen LogP contribution >= 0.6 is 0 Å². The molecule has 29 heavy (non-hydrogen) atoms. The van der Waals surface area contributed by atoms with Gasteiger partial charge in [-0.25, -0.2) is 8.42 Å². The summed E-state index contributed by atoms with van der Waals surface area (Å²) in [4.78, 5) is 0.167. The van der Waals surface area contributed by atoms with Crippen LogP contribution in [0.2, 0.25) is 0 Å². The Labute approximate surface area is 168 Å². The molecule has 1 N–H and O–H groups in total. The van der Waals surface area contributed by atoms with Crippen molar-refractivity contribution < 1.29 is 17.7 Å². The van der Waals surface area contributed by atoms with Crippen LogP contribution in [0.3, 0.4) is 0 Å². The topological polar surface area (TPSA) is 99.2 Å². The molecule has 0 aliphatic carbocycles. The third-order valence-corrected chi connectivity index (χ3v) is 5.78. The lowest BCUT2D eigenvalue weighted by Gasteiger charge is -2.10. The smallest absolute Gasteiger partial charge is 0.263 e. The molecular formula is C20H20N4O4S. The molecule has 0 aliphatic heterocycles. The van der Waals surface area contributed by atoms with Crippen molar-refractivity contribution in [2.75, 3.05) is 11.8 Å². The largest absolute Gasteiger partial charge is 0.496 e. The molecule has 0 bridgehead atoms. The number of anilines is 1. The van der Waals surface area contributed by atoms with Gasteiger partial charge >= 0.3 is 0 Å². The number of nitrogens with one attached hydrogen (secondary N) is 1. The molecule has 0 radical (unpaired) electrons. The number of benzene rings is 2. The average Bonchev–Trinajstić information content (AvgIpc) is 3.30. The maximum Gasteiger partial charge on any atom is 0.263 e. The van der Waals surface area contributed by atoms with E-state index in [0.717, 1.165) is 16.7 Å². The van der Waals surface area contributed by atoms with E-state index in [0.29, 0.717) is 23.3 Å². The number of fused-ring (bicyclic) bond motifs is 1. The fourth-order valence-electron chi connectivity index (χ4n) is 3.27. The van der Waals surface area contributed by atoms with E-state index in [4.69, 9.17) is 9.26 Å². The summed E-state index contributed by atoms with van der Waals surface area (Å²) in [7, 11) is -2.32. The number of nitrogens with zero attached hydrogens (tertiary/aromatic N) is 3. The SMILES string of the molecule is COc1cc(Cn2cccn2)cc2onc(NS(=O)(=O)c3cc(C)cc(C)c3)c12. The summed E-state index contributed by atoms with van der Waals surface area (Å²) in [5.41, 5.74) is 3.02. The zero-order valence-corrected chi connectivity index (χ0v) is 17.0. The minimum Gasteiger partial charge on any atom is -0.496 e. The summed E-state index contributed by atoms with van der Waals surface area (Å²) >= 11 is 0. The first-order valence-corrected chi connectivity index (χ1v) is 10.4. The highest BCUT2D eigenvalue weighted by Gasteiger charge is 2.22. The van der Waals surface area contributed by atoms with Crippen LogP contribution in [0, 0.1) is 13.8 Å². The number of rotatable bonds is 6. The van der Waals surface area contributed by atoms with E-state index in [1.54, 1.807) is 29.1 Å². The number of ether oxygens (including phenoxy) is 1. The molecule has 2 aromatic heterocycles. The number of aromatic nitrogens is 3. The van der Waals surface area contributed by atoms with Crippen LogP contribution in [0.5, 0.6) is 5.75 Å². The maximum absolute atomic E-state index is 12.9. The second kappa shape index (κ2) is 7.25. The van der Waals surface area contributed by atoms with Crippen LogP contribution in [-0.2, 0) is 16.6 Å². The standard InChI is InChI=1S/C20H20N4O4S/c1-13-7-14(2)9-16(8-13)29(25,26)23-20-19-17(27-3)10-15(11-18(19)28-22-20)12-24-6-4-5-21-24/h4-11H,12H2,1-3H3,(H,22,23). The Bertz CT molecular complexity index is 1260. The highest BCUT2D eigenvalue weighted by atomic mass is 32.2. The monoisotopic (exact) mass is 412 g/mol. The minimum atomic E-state index is -3.84. The van der Waals surface area contributed by atoms with Crippen LogP contribution in [0.25, 0.3) is 11.0 Å². The van der Waals surface area contributed by atoms with Gasteiger partial charge in [-0.15, -0.1) is 0 Å². The second-order valence-corrected chi connectivity index (χ2v) is 8.52. The first-order chi connectivity index (χ1) is 13.9. The lowest BCUT2D eigenvalue weighted by atomic mass is 10.1. The van der Waals surface area contributed by atoms with E-state index in [1.807, 2.05) is 38.2 Å². The molecule has 4 rings (SSSR count). The van der Waals surface area contributed by atoms with E-state index >= 15 is 0 Å². The zero-order valence-electron chi connectivity index (χ0n) is 16.2. The van der Waals surface area contributed by atoms with Crippen LogP contribution in [0.15, 0.2) is 58.2 Å². The Morgan fingerprint density at radius 2 is 1.90 bits per heavy atom. The van der Waals surface area contributed by atoms with Gasteiger partial charge in [0.15, 0.2) is 11.4 Å². The van der Waals surface area contributed by atoms with Crippen molar-refractivity contribution in [1.82, 2.24) is 14.9 Å². The molecule has 0 spiro atoms. The molecule has 2 aromatic carbocycles. The lowest BCUT2D eigenvalue weighted by Crippen LogP contribution is -2.14. The molecule has 0 unspecified atom stereocenters. The first-order valence-electron chi connectivity index (χ1n) is 8.90. The quantitative estimate of drug-likeness (QED) is 0.520. The fourth-order valence-corrected chi connectivity index (χ4v) is 4.46. The van der Waals surface area contributed by atoms with Crippen LogP contribution in [0.1, 0.15) is 16.7 Å². The third-order valence-electron chi connectivity index (χ3n) is 4.46. The number of methoxy groups -OCH3 is 1. The van der Waals surface area contributed by atoms with Crippen molar-refractivity contribution in [3.05, 3.63) is 65.5 Å². The number of hydrogen-bond acceptors (Lipinski definition) is 6. The molecule has 0 amide bonds. The molecule has 0 saturated carbocycles. The fraction of sp³-hybridized carbons (Fsp3) is 0.200. The van der Waals surface area contributed by atoms with E-state index in [2.05, 4.69) is 15.0 Å².